The molecule has 0 bridgehead atoms. The van der Waals surface area contributed by atoms with Crippen LogP contribution in [0, 0.1) is 0 Å². The molecule has 2 aliphatic rings. The minimum Gasteiger partial charge on any atom is -0.344 e. The van der Waals surface area contributed by atoms with E-state index in [2.05, 4.69) is 16.7 Å². The van der Waals surface area contributed by atoms with Gasteiger partial charge in [-0.25, -0.2) is 0 Å². The van der Waals surface area contributed by atoms with Gasteiger partial charge in [-0.2, -0.15) is 0 Å². The Hall–Kier alpha value is -1.42. The molecule has 1 fully saturated rings. The molecule has 1 unspecified atom stereocenters. The summed E-state index contributed by atoms with van der Waals surface area (Å²) in [6.07, 6.45) is 1.72. The molecule has 0 aromatic heterocycles. The average Bonchev–Trinajstić information content (AvgIpc) is 2.72. The summed E-state index contributed by atoms with van der Waals surface area (Å²) in [7, 11) is 0. The minimum absolute atomic E-state index is 0.0162. The fourth-order valence-electron chi connectivity index (χ4n) is 2.47. The second kappa shape index (κ2) is 2.79. The Morgan fingerprint density at radius 3 is 2.87 bits per heavy atom. The Balaban J connectivity index is 2.17. The van der Waals surface area contributed by atoms with Crippen LogP contribution >= 0.6 is 12.2 Å². The number of aryl methyl sites for hydroxylation is 1. The van der Waals surface area contributed by atoms with E-state index in [0.29, 0.717) is 5.11 Å². The summed E-state index contributed by atoms with van der Waals surface area (Å²) in [4.78, 5) is 11.9. The first-order chi connectivity index (χ1) is 7.22. The zero-order chi connectivity index (χ0) is 10.5. The molecule has 1 aromatic carbocycles. The molecule has 76 valence electrons. The van der Waals surface area contributed by atoms with Gasteiger partial charge in [-0.15, -0.1) is 0 Å². The van der Waals surface area contributed by atoms with Gasteiger partial charge >= 0.3 is 0 Å². The van der Waals surface area contributed by atoms with E-state index in [1.807, 2.05) is 18.2 Å². The van der Waals surface area contributed by atoms with Crippen molar-refractivity contribution in [2.24, 2.45) is 0 Å². The maximum atomic E-state index is 11.9. The van der Waals surface area contributed by atoms with Crippen molar-refractivity contribution in [1.29, 1.82) is 0 Å². The lowest BCUT2D eigenvalue weighted by atomic mass is 9.92. The second-order valence-corrected chi connectivity index (χ2v) is 4.38. The monoisotopic (exact) mass is 218 g/mol. The number of thiocarbonyl (C=S) groups is 1. The largest absolute Gasteiger partial charge is 0.344 e. The summed E-state index contributed by atoms with van der Waals surface area (Å²) in [5.41, 5.74) is 1.72. The molecule has 1 atom stereocenters. The van der Waals surface area contributed by atoms with E-state index < -0.39 is 5.54 Å². The molecule has 1 spiro atoms. The quantitative estimate of drug-likeness (QED) is 0.634. The van der Waals surface area contributed by atoms with Gasteiger partial charge < -0.3 is 10.6 Å². The van der Waals surface area contributed by atoms with Gasteiger partial charge in [0.2, 0.25) is 0 Å². The van der Waals surface area contributed by atoms with Crippen molar-refractivity contribution in [2.75, 3.05) is 0 Å². The van der Waals surface area contributed by atoms with Crippen molar-refractivity contribution < 1.29 is 4.79 Å². The molecule has 2 N–H and O–H groups in total. The van der Waals surface area contributed by atoms with Crippen molar-refractivity contribution in [1.82, 2.24) is 10.6 Å². The van der Waals surface area contributed by atoms with Crippen LogP contribution in [0.4, 0.5) is 0 Å². The van der Waals surface area contributed by atoms with Gasteiger partial charge in [0.25, 0.3) is 5.91 Å². The lowest BCUT2D eigenvalue weighted by Gasteiger charge is -2.21. The van der Waals surface area contributed by atoms with Gasteiger partial charge in [-0.3, -0.25) is 4.79 Å². The van der Waals surface area contributed by atoms with Gasteiger partial charge in [0.1, 0.15) is 5.54 Å². The maximum Gasteiger partial charge on any atom is 0.256 e. The Morgan fingerprint density at radius 1 is 1.33 bits per heavy atom. The number of hydrogen-bond acceptors (Lipinski definition) is 2. The first-order valence-corrected chi connectivity index (χ1v) is 5.35. The fraction of sp³-hybridized carbons (Fsp3) is 0.273. The number of fused-ring (bicyclic) bond motifs is 2. The van der Waals surface area contributed by atoms with Crippen molar-refractivity contribution in [2.45, 2.75) is 18.4 Å². The predicted octanol–water partition coefficient (Wildman–Crippen LogP) is 0.832. The molecule has 1 aromatic rings. The SMILES string of the molecule is O=C1NC(=S)NC12CCc1ccccc12. The van der Waals surface area contributed by atoms with E-state index in [1.165, 1.54) is 5.56 Å². The lowest BCUT2D eigenvalue weighted by molar-refractivity contribution is -0.124. The number of carbonyl (C=O) groups excluding carboxylic acids is 1. The standard InChI is InChI=1S/C11H10N2OS/c14-9-11(13-10(15)12-9)6-5-7-3-1-2-4-8(7)11/h1-4H,5-6H2,(H2,12,13,14,15). The molecule has 3 nitrogen and oxygen atoms in total. The number of rotatable bonds is 0. The smallest absolute Gasteiger partial charge is 0.256 e. The van der Waals surface area contributed by atoms with Crippen molar-refractivity contribution in [3.63, 3.8) is 0 Å². The predicted molar refractivity (Wildman–Crippen MR) is 60.3 cm³/mol. The van der Waals surface area contributed by atoms with E-state index in [1.54, 1.807) is 0 Å². The highest BCUT2D eigenvalue weighted by Crippen LogP contribution is 2.38. The average molecular weight is 218 g/mol. The molecule has 0 saturated carbocycles. The molecule has 1 saturated heterocycles. The number of amides is 1. The summed E-state index contributed by atoms with van der Waals surface area (Å²) >= 11 is 4.99. The molecule has 1 heterocycles. The van der Waals surface area contributed by atoms with Crippen LogP contribution in [0.25, 0.3) is 0 Å². The normalized spacial score (nSPS) is 27.7. The van der Waals surface area contributed by atoms with E-state index in [4.69, 9.17) is 12.2 Å². The lowest BCUT2D eigenvalue weighted by Crippen LogP contribution is -2.41. The third kappa shape index (κ3) is 1.05. The molecule has 1 aliphatic carbocycles. The number of hydrogen-bond donors (Lipinski definition) is 2. The highest BCUT2D eigenvalue weighted by Gasteiger charge is 2.49. The van der Waals surface area contributed by atoms with Crippen LogP contribution in [0.3, 0.4) is 0 Å². The summed E-state index contributed by atoms with van der Waals surface area (Å²) in [5.74, 6) is -0.0162. The van der Waals surface area contributed by atoms with Gasteiger partial charge in [-0.05, 0) is 36.2 Å². The molecule has 1 amide bonds. The first kappa shape index (κ1) is 8.85. The van der Waals surface area contributed by atoms with E-state index in [0.717, 1.165) is 18.4 Å². The van der Waals surface area contributed by atoms with Crippen LogP contribution in [0.2, 0.25) is 0 Å². The van der Waals surface area contributed by atoms with Gasteiger partial charge in [0.15, 0.2) is 5.11 Å². The molecule has 3 rings (SSSR count). The van der Waals surface area contributed by atoms with Crippen LogP contribution in [-0.4, -0.2) is 11.0 Å². The van der Waals surface area contributed by atoms with Gasteiger partial charge in [0.05, 0.1) is 0 Å². The number of benzene rings is 1. The Labute approximate surface area is 92.9 Å². The molecule has 15 heavy (non-hydrogen) atoms. The molecule has 1 aliphatic heterocycles. The summed E-state index contributed by atoms with van der Waals surface area (Å²) < 4.78 is 0. The molecule has 0 radical (unpaired) electrons. The topological polar surface area (TPSA) is 41.1 Å². The van der Waals surface area contributed by atoms with E-state index >= 15 is 0 Å². The van der Waals surface area contributed by atoms with Crippen LogP contribution in [0.5, 0.6) is 0 Å². The van der Waals surface area contributed by atoms with Crippen LogP contribution in [0.1, 0.15) is 17.5 Å². The van der Waals surface area contributed by atoms with Crippen LogP contribution < -0.4 is 10.6 Å². The Bertz CT molecular complexity index is 471. The zero-order valence-electron chi connectivity index (χ0n) is 8.04. The van der Waals surface area contributed by atoms with Crippen molar-refractivity contribution in [3.05, 3.63) is 35.4 Å². The highest BCUT2D eigenvalue weighted by molar-refractivity contribution is 7.80. The second-order valence-electron chi connectivity index (χ2n) is 3.97. The van der Waals surface area contributed by atoms with E-state index in [9.17, 15) is 4.79 Å². The number of carbonyl (C=O) groups is 1. The summed E-state index contributed by atoms with van der Waals surface area (Å²) in [6, 6.07) is 8.04. The maximum absolute atomic E-state index is 11.9. The summed E-state index contributed by atoms with van der Waals surface area (Å²) in [5, 5.41) is 6.22. The molecular formula is C11H10N2OS. The Morgan fingerprint density at radius 2 is 2.13 bits per heavy atom. The van der Waals surface area contributed by atoms with Gasteiger partial charge in [-0.1, -0.05) is 24.3 Å². The fourth-order valence-corrected chi connectivity index (χ4v) is 2.74. The zero-order valence-corrected chi connectivity index (χ0v) is 8.86. The first-order valence-electron chi connectivity index (χ1n) is 4.94. The van der Waals surface area contributed by atoms with Crippen LogP contribution in [-0.2, 0) is 16.8 Å². The Kier molecular flexibility index (Phi) is 1.65. The number of nitrogens with one attached hydrogen (secondary N) is 2. The summed E-state index contributed by atoms with van der Waals surface area (Å²) in [6.45, 7) is 0. The highest BCUT2D eigenvalue weighted by atomic mass is 32.1. The van der Waals surface area contributed by atoms with Crippen LogP contribution in [0.15, 0.2) is 24.3 Å². The van der Waals surface area contributed by atoms with E-state index in [-0.39, 0.29) is 5.91 Å². The van der Waals surface area contributed by atoms with Crippen molar-refractivity contribution >= 4 is 23.2 Å². The minimum atomic E-state index is -0.590. The molecule has 4 heteroatoms. The molecular weight excluding hydrogens is 208 g/mol. The van der Waals surface area contributed by atoms with Gasteiger partial charge in [0, 0.05) is 0 Å². The third-order valence-electron chi connectivity index (χ3n) is 3.19. The third-order valence-corrected chi connectivity index (χ3v) is 3.39. The van der Waals surface area contributed by atoms with Crippen molar-refractivity contribution in [3.8, 4) is 0 Å².